The highest BCUT2D eigenvalue weighted by Crippen LogP contribution is 2.23. The van der Waals surface area contributed by atoms with Gasteiger partial charge in [0.05, 0.1) is 12.9 Å². The molecule has 0 fully saturated rings. The van der Waals surface area contributed by atoms with Gasteiger partial charge in [-0.1, -0.05) is 0 Å². The van der Waals surface area contributed by atoms with E-state index in [1.165, 1.54) is 15.3 Å². The number of hydrogen-bond donors (Lipinski definition) is 2. The van der Waals surface area contributed by atoms with Crippen molar-refractivity contribution >= 4 is 39.9 Å². The van der Waals surface area contributed by atoms with Crippen molar-refractivity contribution < 1.29 is 0 Å². The second-order valence-corrected chi connectivity index (χ2v) is 5.93. The molecule has 0 amide bonds. The van der Waals surface area contributed by atoms with Crippen LogP contribution in [0.15, 0.2) is 12.4 Å². The van der Waals surface area contributed by atoms with Crippen molar-refractivity contribution in [2.75, 3.05) is 5.32 Å². The lowest BCUT2D eigenvalue weighted by Crippen LogP contribution is -2.02. The average molecular weight is 294 g/mol. The maximum absolute atomic E-state index is 5.88. The Bertz CT molecular complexity index is 713. The van der Waals surface area contributed by atoms with Gasteiger partial charge in [-0.3, -0.25) is 0 Å². The molecule has 0 saturated heterocycles. The fourth-order valence-electron chi connectivity index (χ4n) is 1.84. The number of rotatable bonds is 3. The van der Waals surface area contributed by atoms with Crippen molar-refractivity contribution in [2.24, 2.45) is 0 Å². The molecule has 0 aliphatic heterocycles. The largest absolute Gasteiger partial charge is 0.363 e. The van der Waals surface area contributed by atoms with Crippen LogP contribution in [0, 0.1) is 13.8 Å². The average Bonchev–Trinajstić information content (AvgIpc) is 2.94. The molecule has 3 aromatic heterocycles. The van der Waals surface area contributed by atoms with Gasteiger partial charge in [-0.25, -0.2) is 4.98 Å². The molecular weight excluding hydrogens is 282 g/mol. The molecule has 3 heterocycles. The zero-order valence-electron chi connectivity index (χ0n) is 10.5. The van der Waals surface area contributed by atoms with Crippen LogP contribution in [-0.2, 0) is 6.54 Å². The third-order valence-corrected chi connectivity index (χ3v) is 4.23. The smallest absolute Gasteiger partial charge is 0.226 e. The Kier molecular flexibility index (Phi) is 3.12. The number of imidazole rings is 1. The van der Waals surface area contributed by atoms with E-state index in [4.69, 9.17) is 11.6 Å². The van der Waals surface area contributed by atoms with E-state index in [1.807, 2.05) is 0 Å². The number of thiophene rings is 1. The molecule has 3 aromatic rings. The summed E-state index contributed by atoms with van der Waals surface area (Å²) in [6.07, 6.45) is 1.58. The molecule has 0 aromatic carbocycles. The van der Waals surface area contributed by atoms with Gasteiger partial charge < -0.3 is 10.3 Å². The maximum atomic E-state index is 5.88. The van der Waals surface area contributed by atoms with Crippen molar-refractivity contribution in [1.82, 2.24) is 19.9 Å². The fourth-order valence-corrected chi connectivity index (χ4v) is 3.00. The van der Waals surface area contributed by atoms with E-state index in [0.717, 1.165) is 5.52 Å². The first kappa shape index (κ1) is 12.4. The summed E-state index contributed by atoms with van der Waals surface area (Å²) in [6, 6.07) is 2.18. The summed E-state index contributed by atoms with van der Waals surface area (Å²) in [4.78, 5) is 17.9. The molecule has 0 radical (unpaired) electrons. The quantitative estimate of drug-likeness (QED) is 0.727. The number of aryl methyl sites for hydroxylation is 2. The Balaban J connectivity index is 1.87. The number of H-pyrrole nitrogens is 1. The van der Waals surface area contributed by atoms with Gasteiger partial charge in [0.15, 0.2) is 11.5 Å². The highest BCUT2D eigenvalue weighted by molar-refractivity contribution is 7.12. The van der Waals surface area contributed by atoms with Crippen LogP contribution in [0.4, 0.5) is 5.82 Å². The molecule has 7 heteroatoms. The SMILES string of the molecule is Cc1cc(CNc2nc(Cl)nc3nc[nH]c23)sc1C. The molecular formula is C12H12ClN5S. The van der Waals surface area contributed by atoms with Crippen molar-refractivity contribution in [2.45, 2.75) is 20.4 Å². The summed E-state index contributed by atoms with van der Waals surface area (Å²) < 4.78 is 0. The standard InChI is InChI=1S/C12H12ClN5S/c1-6-3-8(19-7(6)2)4-14-10-9-11(16-5-15-9)18-12(13)17-10/h3,5H,4H2,1-2H3,(H2,14,15,16,17,18). The lowest BCUT2D eigenvalue weighted by Gasteiger charge is -2.04. The first-order chi connectivity index (χ1) is 9.13. The molecule has 3 rings (SSSR count). The predicted molar refractivity (Wildman–Crippen MR) is 77.8 cm³/mol. The Morgan fingerprint density at radius 2 is 2.21 bits per heavy atom. The second-order valence-electron chi connectivity index (χ2n) is 4.25. The van der Waals surface area contributed by atoms with E-state index in [9.17, 15) is 0 Å². The molecule has 19 heavy (non-hydrogen) atoms. The summed E-state index contributed by atoms with van der Waals surface area (Å²) in [7, 11) is 0. The molecule has 0 unspecified atom stereocenters. The highest BCUT2D eigenvalue weighted by atomic mass is 35.5. The van der Waals surface area contributed by atoms with Crippen LogP contribution < -0.4 is 5.32 Å². The van der Waals surface area contributed by atoms with Crippen molar-refractivity contribution in [3.05, 3.63) is 33.0 Å². The third kappa shape index (κ3) is 2.41. The minimum atomic E-state index is 0.195. The molecule has 2 N–H and O–H groups in total. The summed E-state index contributed by atoms with van der Waals surface area (Å²) in [5.74, 6) is 0.677. The normalized spacial score (nSPS) is 11.1. The van der Waals surface area contributed by atoms with E-state index in [0.29, 0.717) is 18.0 Å². The first-order valence-corrected chi connectivity index (χ1v) is 6.99. The van der Waals surface area contributed by atoms with Gasteiger partial charge in [0.2, 0.25) is 5.28 Å². The van der Waals surface area contributed by atoms with Crippen LogP contribution >= 0.6 is 22.9 Å². The predicted octanol–water partition coefficient (Wildman–Crippen LogP) is 3.30. The monoisotopic (exact) mass is 293 g/mol. The van der Waals surface area contributed by atoms with Crippen molar-refractivity contribution in [1.29, 1.82) is 0 Å². The lowest BCUT2D eigenvalue weighted by atomic mass is 10.3. The number of fused-ring (bicyclic) bond motifs is 1. The Hall–Kier alpha value is -1.66. The summed E-state index contributed by atoms with van der Waals surface area (Å²) in [5, 5.41) is 3.47. The van der Waals surface area contributed by atoms with Gasteiger partial charge in [0.25, 0.3) is 0 Å². The molecule has 0 aliphatic rings. The minimum absolute atomic E-state index is 0.195. The van der Waals surface area contributed by atoms with Gasteiger partial charge in [-0.15, -0.1) is 11.3 Å². The van der Waals surface area contributed by atoms with Gasteiger partial charge in [0.1, 0.15) is 5.52 Å². The molecule has 0 saturated carbocycles. The summed E-state index contributed by atoms with van der Waals surface area (Å²) in [5.41, 5.74) is 2.66. The van der Waals surface area contributed by atoms with Gasteiger partial charge in [0, 0.05) is 9.75 Å². The number of hydrogen-bond acceptors (Lipinski definition) is 5. The van der Waals surface area contributed by atoms with E-state index >= 15 is 0 Å². The van der Waals surface area contributed by atoms with E-state index in [1.54, 1.807) is 17.7 Å². The van der Waals surface area contributed by atoms with Crippen LogP contribution in [0.2, 0.25) is 5.28 Å². The number of halogens is 1. The van der Waals surface area contributed by atoms with Crippen molar-refractivity contribution in [3.8, 4) is 0 Å². The maximum Gasteiger partial charge on any atom is 0.226 e. The van der Waals surface area contributed by atoms with E-state index < -0.39 is 0 Å². The van der Waals surface area contributed by atoms with Crippen molar-refractivity contribution in [3.63, 3.8) is 0 Å². The van der Waals surface area contributed by atoms with Gasteiger partial charge in [-0.05, 0) is 37.1 Å². The molecule has 0 atom stereocenters. The zero-order chi connectivity index (χ0) is 13.4. The topological polar surface area (TPSA) is 66.5 Å². The van der Waals surface area contributed by atoms with Crippen LogP contribution in [0.3, 0.4) is 0 Å². The molecule has 5 nitrogen and oxygen atoms in total. The van der Waals surface area contributed by atoms with Gasteiger partial charge >= 0.3 is 0 Å². The number of nitrogens with zero attached hydrogens (tertiary/aromatic N) is 3. The van der Waals surface area contributed by atoms with E-state index in [-0.39, 0.29) is 5.28 Å². The number of nitrogens with one attached hydrogen (secondary N) is 2. The Labute approximate surface area is 119 Å². The molecule has 0 bridgehead atoms. The third-order valence-electron chi connectivity index (χ3n) is 2.91. The number of aromatic nitrogens is 4. The lowest BCUT2D eigenvalue weighted by molar-refractivity contribution is 1.12. The van der Waals surface area contributed by atoms with Gasteiger partial charge in [-0.2, -0.15) is 9.97 Å². The summed E-state index contributed by atoms with van der Waals surface area (Å²) in [6.45, 7) is 4.95. The molecule has 0 spiro atoms. The van der Waals surface area contributed by atoms with Crippen LogP contribution in [-0.4, -0.2) is 19.9 Å². The minimum Gasteiger partial charge on any atom is -0.363 e. The highest BCUT2D eigenvalue weighted by Gasteiger charge is 2.09. The van der Waals surface area contributed by atoms with Crippen LogP contribution in [0.25, 0.3) is 11.2 Å². The zero-order valence-corrected chi connectivity index (χ0v) is 12.1. The van der Waals surface area contributed by atoms with Crippen LogP contribution in [0.5, 0.6) is 0 Å². The summed E-state index contributed by atoms with van der Waals surface area (Å²) >= 11 is 7.66. The number of anilines is 1. The molecule has 98 valence electrons. The molecule has 0 aliphatic carbocycles. The second kappa shape index (κ2) is 4.79. The van der Waals surface area contributed by atoms with E-state index in [2.05, 4.69) is 45.2 Å². The Morgan fingerprint density at radius 1 is 1.37 bits per heavy atom. The first-order valence-electron chi connectivity index (χ1n) is 5.80. The van der Waals surface area contributed by atoms with Crippen LogP contribution in [0.1, 0.15) is 15.3 Å². The fraction of sp³-hybridized carbons (Fsp3) is 0.250. The Morgan fingerprint density at radius 3 is 2.95 bits per heavy atom. The number of aromatic amines is 1.